The van der Waals surface area contributed by atoms with Crippen LogP contribution in [-0.2, 0) is 4.74 Å². The Morgan fingerprint density at radius 2 is 2.09 bits per heavy atom. The van der Waals surface area contributed by atoms with E-state index in [9.17, 15) is 0 Å². The molecule has 0 aromatic heterocycles. The maximum absolute atomic E-state index is 6.29. The van der Waals surface area contributed by atoms with Gasteiger partial charge in [-0.25, -0.2) is 0 Å². The molecule has 0 saturated carbocycles. The molecule has 0 bridgehead atoms. The first-order valence-electron chi connectivity index (χ1n) is 9.37. The zero-order chi connectivity index (χ0) is 16.2. The molecule has 2 aliphatic rings. The van der Waals surface area contributed by atoms with E-state index in [2.05, 4.69) is 43.9 Å². The molecule has 0 amide bonds. The van der Waals surface area contributed by atoms with Crippen molar-refractivity contribution in [3.8, 4) is 5.75 Å². The maximum atomic E-state index is 6.29. The summed E-state index contributed by atoms with van der Waals surface area (Å²) in [6, 6.07) is 6.62. The molecule has 2 aliphatic heterocycles. The van der Waals surface area contributed by atoms with E-state index in [4.69, 9.17) is 9.47 Å². The molecule has 3 rings (SSSR count). The summed E-state index contributed by atoms with van der Waals surface area (Å²) in [4.78, 5) is 2.54. The van der Waals surface area contributed by atoms with Crippen LogP contribution in [0.4, 0.5) is 0 Å². The molecule has 3 atom stereocenters. The maximum Gasteiger partial charge on any atom is 0.119 e. The molecule has 23 heavy (non-hydrogen) atoms. The van der Waals surface area contributed by atoms with Crippen molar-refractivity contribution in [1.82, 2.24) is 4.90 Å². The second-order valence-corrected chi connectivity index (χ2v) is 6.95. The van der Waals surface area contributed by atoms with Crippen LogP contribution in [0, 0.1) is 0 Å². The number of fused-ring (bicyclic) bond motifs is 3. The predicted octanol–water partition coefficient (Wildman–Crippen LogP) is 4.52. The molecule has 0 spiro atoms. The van der Waals surface area contributed by atoms with E-state index in [1.54, 1.807) is 0 Å². The van der Waals surface area contributed by atoms with E-state index >= 15 is 0 Å². The van der Waals surface area contributed by atoms with Gasteiger partial charge in [-0.3, -0.25) is 0 Å². The molecule has 1 unspecified atom stereocenters. The third kappa shape index (κ3) is 3.72. The number of ether oxygens (including phenoxy) is 2. The highest BCUT2D eigenvalue weighted by Gasteiger charge is 2.37. The van der Waals surface area contributed by atoms with Gasteiger partial charge in [-0.15, -0.1) is 0 Å². The van der Waals surface area contributed by atoms with Crippen molar-refractivity contribution in [2.45, 2.75) is 64.6 Å². The van der Waals surface area contributed by atoms with Gasteiger partial charge in [0.25, 0.3) is 0 Å². The van der Waals surface area contributed by atoms with E-state index in [1.807, 2.05) is 0 Å². The van der Waals surface area contributed by atoms with Crippen molar-refractivity contribution in [3.05, 3.63) is 29.3 Å². The lowest BCUT2D eigenvalue weighted by atomic mass is 9.81. The van der Waals surface area contributed by atoms with Gasteiger partial charge in [-0.2, -0.15) is 0 Å². The topological polar surface area (TPSA) is 21.7 Å². The number of nitrogens with zero attached hydrogens (tertiary/aromatic N) is 1. The van der Waals surface area contributed by atoms with Gasteiger partial charge >= 0.3 is 0 Å². The largest absolute Gasteiger partial charge is 0.494 e. The SMILES string of the molecule is CCCCCOc1ccc2c(c1)[C@H]1CN(CC)CC[C@H]1OC2C. The number of benzene rings is 1. The molecule has 1 aromatic carbocycles. The smallest absolute Gasteiger partial charge is 0.119 e. The van der Waals surface area contributed by atoms with Gasteiger partial charge in [-0.05, 0) is 49.6 Å². The number of rotatable bonds is 6. The number of likely N-dealkylation sites (tertiary alicyclic amines) is 1. The Kier molecular flexibility index (Phi) is 5.60. The Hall–Kier alpha value is -1.06. The molecule has 1 aromatic rings. The average Bonchev–Trinajstić information content (AvgIpc) is 2.58. The fraction of sp³-hybridized carbons (Fsp3) is 0.700. The molecular formula is C20H31NO2. The van der Waals surface area contributed by atoms with Crippen molar-refractivity contribution in [2.24, 2.45) is 0 Å². The molecule has 0 N–H and O–H groups in total. The van der Waals surface area contributed by atoms with E-state index < -0.39 is 0 Å². The quantitative estimate of drug-likeness (QED) is 0.720. The van der Waals surface area contributed by atoms with Crippen LogP contribution in [0.2, 0.25) is 0 Å². The highest BCUT2D eigenvalue weighted by molar-refractivity contribution is 5.41. The van der Waals surface area contributed by atoms with Crippen LogP contribution in [0.5, 0.6) is 5.75 Å². The fourth-order valence-electron chi connectivity index (χ4n) is 3.96. The first-order valence-corrected chi connectivity index (χ1v) is 9.37. The number of unbranched alkanes of at least 4 members (excludes halogenated alkanes) is 2. The summed E-state index contributed by atoms with van der Waals surface area (Å²) < 4.78 is 12.3. The Morgan fingerprint density at radius 1 is 1.22 bits per heavy atom. The molecule has 0 aliphatic carbocycles. The summed E-state index contributed by atoms with van der Waals surface area (Å²) >= 11 is 0. The summed E-state index contributed by atoms with van der Waals surface area (Å²) in [7, 11) is 0. The van der Waals surface area contributed by atoms with Crippen molar-refractivity contribution in [2.75, 3.05) is 26.2 Å². The average molecular weight is 317 g/mol. The van der Waals surface area contributed by atoms with Crippen LogP contribution >= 0.6 is 0 Å². The van der Waals surface area contributed by atoms with Crippen molar-refractivity contribution < 1.29 is 9.47 Å². The summed E-state index contributed by atoms with van der Waals surface area (Å²) in [5.41, 5.74) is 2.81. The van der Waals surface area contributed by atoms with Gasteiger partial charge in [0.15, 0.2) is 0 Å². The van der Waals surface area contributed by atoms with Gasteiger partial charge in [0.2, 0.25) is 0 Å². The summed E-state index contributed by atoms with van der Waals surface area (Å²) in [6.45, 7) is 10.9. The molecule has 1 saturated heterocycles. The number of hydrogen-bond donors (Lipinski definition) is 0. The highest BCUT2D eigenvalue weighted by atomic mass is 16.5. The van der Waals surface area contributed by atoms with Crippen LogP contribution in [0.25, 0.3) is 0 Å². The zero-order valence-electron chi connectivity index (χ0n) is 14.9. The Bertz CT molecular complexity index is 516. The summed E-state index contributed by atoms with van der Waals surface area (Å²) in [5, 5.41) is 0. The van der Waals surface area contributed by atoms with Crippen molar-refractivity contribution in [1.29, 1.82) is 0 Å². The third-order valence-electron chi connectivity index (χ3n) is 5.37. The van der Waals surface area contributed by atoms with Crippen molar-refractivity contribution in [3.63, 3.8) is 0 Å². The number of hydrogen-bond acceptors (Lipinski definition) is 3. The second kappa shape index (κ2) is 7.67. The van der Waals surface area contributed by atoms with E-state index in [1.165, 1.54) is 24.0 Å². The minimum Gasteiger partial charge on any atom is -0.494 e. The van der Waals surface area contributed by atoms with Crippen LogP contribution in [0.15, 0.2) is 18.2 Å². The molecular weight excluding hydrogens is 286 g/mol. The summed E-state index contributed by atoms with van der Waals surface area (Å²) in [5.74, 6) is 1.52. The predicted molar refractivity (Wildman–Crippen MR) is 94.2 cm³/mol. The van der Waals surface area contributed by atoms with Crippen LogP contribution in [0.3, 0.4) is 0 Å². The van der Waals surface area contributed by atoms with Gasteiger partial charge in [0.1, 0.15) is 5.75 Å². The highest BCUT2D eigenvalue weighted by Crippen LogP contribution is 2.42. The minimum atomic E-state index is 0.202. The Morgan fingerprint density at radius 3 is 2.87 bits per heavy atom. The standard InChI is InChI=1S/C20H31NO2/c1-4-6-7-12-22-16-8-9-17-15(3)23-20-10-11-21(5-2)14-19(20)18(17)13-16/h8-9,13,15,19-20H,4-7,10-12,14H2,1-3H3/t15?,19-,20-/m1/s1. The van der Waals surface area contributed by atoms with Crippen LogP contribution < -0.4 is 4.74 Å². The molecule has 2 heterocycles. The van der Waals surface area contributed by atoms with Crippen molar-refractivity contribution >= 4 is 0 Å². The Balaban J connectivity index is 1.77. The molecule has 3 heteroatoms. The second-order valence-electron chi connectivity index (χ2n) is 6.95. The summed E-state index contributed by atoms with van der Waals surface area (Å²) in [6.07, 6.45) is 5.33. The fourth-order valence-corrected chi connectivity index (χ4v) is 3.96. The molecule has 0 radical (unpaired) electrons. The first kappa shape index (κ1) is 16.8. The normalized spacial score (nSPS) is 27.3. The Labute approximate surface area is 141 Å². The third-order valence-corrected chi connectivity index (χ3v) is 5.37. The lowest BCUT2D eigenvalue weighted by Crippen LogP contribution is -2.45. The van der Waals surface area contributed by atoms with Gasteiger partial charge < -0.3 is 14.4 Å². The van der Waals surface area contributed by atoms with Crippen LogP contribution in [-0.4, -0.2) is 37.2 Å². The minimum absolute atomic E-state index is 0.202. The van der Waals surface area contributed by atoms with Gasteiger partial charge in [-0.1, -0.05) is 32.8 Å². The lowest BCUT2D eigenvalue weighted by Gasteiger charge is -2.44. The van der Waals surface area contributed by atoms with E-state index in [0.29, 0.717) is 12.0 Å². The number of piperidine rings is 1. The molecule has 1 fully saturated rings. The van der Waals surface area contributed by atoms with E-state index in [0.717, 1.165) is 44.8 Å². The number of likely N-dealkylation sites (N-methyl/N-ethyl adjacent to an activating group) is 1. The molecule has 3 nitrogen and oxygen atoms in total. The van der Waals surface area contributed by atoms with E-state index in [-0.39, 0.29) is 6.10 Å². The first-order chi connectivity index (χ1) is 11.2. The van der Waals surface area contributed by atoms with Gasteiger partial charge in [0, 0.05) is 19.0 Å². The zero-order valence-corrected chi connectivity index (χ0v) is 14.9. The lowest BCUT2D eigenvalue weighted by molar-refractivity contribution is -0.0623. The van der Waals surface area contributed by atoms with Crippen LogP contribution in [0.1, 0.15) is 69.6 Å². The monoisotopic (exact) mass is 317 g/mol. The molecule has 128 valence electrons. The van der Waals surface area contributed by atoms with Gasteiger partial charge in [0.05, 0.1) is 18.8 Å².